The van der Waals surface area contributed by atoms with Crippen molar-refractivity contribution in [1.29, 1.82) is 0 Å². The van der Waals surface area contributed by atoms with Gasteiger partial charge >= 0.3 is 0 Å². The molecular formula is C21H22N4O3. The molecule has 2 fully saturated rings. The minimum absolute atomic E-state index is 0.162. The molecule has 5 rings (SSSR count). The second-order valence-corrected chi connectivity index (χ2v) is 7.56. The zero-order chi connectivity index (χ0) is 19.3. The minimum atomic E-state index is -0.644. The molecule has 3 amide bonds. The standard InChI is InChI=1S/C21H22N4O3/c26-18-8-7-17(20(27)23-18)25-16-6-5-15(24-11-2-9-22-10-12-24)13-3-1-4-14(19(13)16)21(25)28/h1,3-6,17,22H,2,7-12H2,(H,23,26,27). The molecule has 1 unspecified atom stereocenters. The normalized spacial score (nSPS) is 22.6. The van der Waals surface area contributed by atoms with Gasteiger partial charge in [-0.05, 0) is 37.6 Å². The Morgan fingerprint density at radius 3 is 2.68 bits per heavy atom. The van der Waals surface area contributed by atoms with Crippen LogP contribution in [-0.4, -0.2) is 49.9 Å². The highest BCUT2D eigenvalue weighted by molar-refractivity contribution is 6.28. The fourth-order valence-corrected chi connectivity index (χ4v) is 4.59. The number of nitrogens with zero attached hydrogens (tertiary/aromatic N) is 2. The van der Waals surface area contributed by atoms with Gasteiger partial charge in [0.25, 0.3) is 5.91 Å². The zero-order valence-corrected chi connectivity index (χ0v) is 15.5. The van der Waals surface area contributed by atoms with E-state index in [2.05, 4.69) is 27.7 Å². The Labute approximate surface area is 162 Å². The quantitative estimate of drug-likeness (QED) is 0.772. The molecule has 3 aliphatic rings. The summed E-state index contributed by atoms with van der Waals surface area (Å²) in [4.78, 5) is 41.1. The van der Waals surface area contributed by atoms with Crippen molar-refractivity contribution in [3.8, 4) is 0 Å². The van der Waals surface area contributed by atoms with Gasteiger partial charge in [0.1, 0.15) is 6.04 Å². The summed E-state index contributed by atoms with van der Waals surface area (Å²) in [6, 6.07) is 9.16. The van der Waals surface area contributed by atoms with Crippen molar-refractivity contribution in [2.24, 2.45) is 0 Å². The van der Waals surface area contributed by atoms with Crippen LogP contribution in [0.1, 0.15) is 29.6 Å². The van der Waals surface area contributed by atoms with Crippen molar-refractivity contribution in [2.45, 2.75) is 25.3 Å². The molecule has 28 heavy (non-hydrogen) atoms. The SMILES string of the molecule is O=C1CCC(N2C(=O)c3cccc4c(N5CCCNCC5)ccc2c34)C(=O)N1. The first-order valence-electron chi connectivity index (χ1n) is 9.84. The van der Waals surface area contributed by atoms with Crippen LogP contribution < -0.4 is 20.4 Å². The van der Waals surface area contributed by atoms with Crippen LogP contribution in [0, 0.1) is 0 Å². The summed E-state index contributed by atoms with van der Waals surface area (Å²) >= 11 is 0. The van der Waals surface area contributed by atoms with E-state index in [9.17, 15) is 14.4 Å². The second-order valence-electron chi connectivity index (χ2n) is 7.56. The number of rotatable bonds is 2. The molecule has 1 atom stereocenters. The first-order valence-corrected chi connectivity index (χ1v) is 9.84. The van der Waals surface area contributed by atoms with Gasteiger partial charge in [0.15, 0.2) is 0 Å². The molecule has 2 saturated heterocycles. The molecule has 0 aliphatic carbocycles. The van der Waals surface area contributed by atoms with Gasteiger partial charge in [0.2, 0.25) is 11.8 Å². The van der Waals surface area contributed by atoms with Gasteiger partial charge < -0.3 is 10.2 Å². The molecule has 2 aromatic carbocycles. The number of nitrogens with one attached hydrogen (secondary N) is 2. The number of hydrogen-bond donors (Lipinski definition) is 2. The van der Waals surface area contributed by atoms with Crippen LogP contribution in [0.2, 0.25) is 0 Å². The molecule has 2 N–H and O–H groups in total. The van der Waals surface area contributed by atoms with E-state index in [-0.39, 0.29) is 18.2 Å². The second kappa shape index (κ2) is 6.60. The molecular weight excluding hydrogens is 356 g/mol. The van der Waals surface area contributed by atoms with Gasteiger partial charge in [-0.1, -0.05) is 12.1 Å². The average Bonchev–Trinajstić information content (AvgIpc) is 2.87. The van der Waals surface area contributed by atoms with Crippen LogP contribution in [0.4, 0.5) is 11.4 Å². The van der Waals surface area contributed by atoms with Gasteiger partial charge in [-0.15, -0.1) is 0 Å². The molecule has 0 spiro atoms. The van der Waals surface area contributed by atoms with Crippen molar-refractivity contribution >= 4 is 39.9 Å². The van der Waals surface area contributed by atoms with E-state index >= 15 is 0 Å². The number of anilines is 2. The number of imide groups is 1. The van der Waals surface area contributed by atoms with Crippen molar-refractivity contribution in [3.63, 3.8) is 0 Å². The topological polar surface area (TPSA) is 81.8 Å². The van der Waals surface area contributed by atoms with Gasteiger partial charge in [-0.3, -0.25) is 24.6 Å². The monoisotopic (exact) mass is 378 g/mol. The lowest BCUT2D eigenvalue weighted by Gasteiger charge is -2.30. The zero-order valence-electron chi connectivity index (χ0n) is 15.5. The third-order valence-electron chi connectivity index (χ3n) is 5.91. The number of carbonyl (C=O) groups excluding carboxylic acids is 3. The van der Waals surface area contributed by atoms with Gasteiger partial charge in [-0.25, -0.2) is 0 Å². The Morgan fingerprint density at radius 2 is 1.82 bits per heavy atom. The molecule has 7 nitrogen and oxygen atoms in total. The van der Waals surface area contributed by atoms with Crippen LogP contribution in [0.5, 0.6) is 0 Å². The van der Waals surface area contributed by atoms with Crippen molar-refractivity contribution in [1.82, 2.24) is 10.6 Å². The van der Waals surface area contributed by atoms with E-state index < -0.39 is 11.9 Å². The summed E-state index contributed by atoms with van der Waals surface area (Å²) in [7, 11) is 0. The van der Waals surface area contributed by atoms with Crippen LogP contribution in [0.25, 0.3) is 10.8 Å². The predicted molar refractivity (Wildman–Crippen MR) is 107 cm³/mol. The number of benzene rings is 2. The van der Waals surface area contributed by atoms with Gasteiger partial charge in [-0.2, -0.15) is 0 Å². The molecule has 2 aromatic rings. The Balaban J connectivity index is 1.61. The first kappa shape index (κ1) is 17.2. The summed E-state index contributed by atoms with van der Waals surface area (Å²) in [5, 5.41) is 7.74. The lowest BCUT2D eigenvalue weighted by Crippen LogP contribution is -2.53. The molecule has 0 bridgehead atoms. The van der Waals surface area contributed by atoms with Gasteiger partial charge in [0.05, 0.1) is 5.69 Å². The molecule has 3 aliphatic heterocycles. The van der Waals surface area contributed by atoms with E-state index in [1.54, 1.807) is 4.90 Å². The summed E-state index contributed by atoms with van der Waals surface area (Å²) in [6.07, 6.45) is 1.67. The maximum atomic E-state index is 13.2. The number of hydrogen-bond acceptors (Lipinski definition) is 5. The van der Waals surface area contributed by atoms with Crippen molar-refractivity contribution in [2.75, 3.05) is 36.0 Å². The highest BCUT2D eigenvalue weighted by atomic mass is 16.2. The molecule has 0 aromatic heterocycles. The maximum Gasteiger partial charge on any atom is 0.259 e. The fraction of sp³-hybridized carbons (Fsp3) is 0.381. The summed E-state index contributed by atoms with van der Waals surface area (Å²) < 4.78 is 0. The van der Waals surface area contributed by atoms with Crippen LogP contribution in [-0.2, 0) is 9.59 Å². The third-order valence-corrected chi connectivity index (χ3v) is 5.91. The van der Waals surface area contributed by atoms with E-state index in [1.165, 1.54) is 0 Å². The van der Waals surface area contributed by atoms with Crippen LogP contribution >= 0.6 is 0 Å². The summed E-state index contributed by atoms with van der Waals surface area (Å²) in [5.41, 5.74) is 2.52. The largest absolute Gasteiger partial charge is 0.370 e. The smallest absolute Gasteiger partial charge is 0.259 e. The van der Waals surface area contributed by atoms with Crippen molar-refractivity contribution < 1.29 is 14.4 Å². The Kier molecular flexibility index (Phi) is 4.05. The lowest BCUT2D eigenvalue weighted by molar-refractivity contribution is -0.134. The molecule has 3 heterocycles. The van der Waals surface area contributed by atoms with Crippen LogP contribution in [0.3, 0.4) is 0 Å². The molecule has 144 valence electrons. The Hall–Kier alpha value is -2.93. The molecule has 0 radical (unpaired) electrons. The highest BCUT2D eigenvalue weighted by Crippen LogP contribution is 2.43. The number of piperidine rings is 1. The van der Waals surface area contributed by atoms with E-state index in [0.717, 1.165) is 54.7 Å². The molecule has 7 heteroatoms. The maximum absolute atomic E-state index is 13.2. The summed E-state index contributed by atoms with van der Waals surface area (Å²) in [5.74, 6) is -0.835. The minimum Gasteiger partial charge on any atom is -0.370 e. The first-order chi connectivity index (χ1) is 13.6. The fourth-order valence-electron chi connectivity index (χ4n) is 4.59. The van der Waals surface area contributed by atoms with Gasteiger partial charge in [0, 0.05) is 48.1 Å². The third kappa shape index (κ3) is 2.57. The lowest BCUT2D eigenvalue weighted by atomic mass is 10.0. The number of carbonyl (C=O) groups is 3. The number of amides is 3. The predicted octanol–water partition coefficient (Wildman–Crippen LogP) is 1.40. The Morgan fingerprint density at radius 1 is 0.964 bits per heavy atom. The van der Waals surface area contributed by atoms with E-state index in [1.807, 2.05) is 18.2 Å². The van der Waals surface area contributed by atoms with Crippen molar-refractivity contribution in [3.05, 3.63) is 35.9 Å². The average molecular weight is 378 g/mol. The summed E-state index contributed by atoms with van der Waals surface area (Å²) in [6.45, 7) is 3.84. The highest BCUT2D eigenvalue weighted by Gasteiger charge is 2.41. The molecule has 0 saturated carbocycles. The Bertz CT molecular complexity index is 995. The van der Waals surface area contributed by atoms with E-state index in [0.29, 0.717) is 12.0 Å². The van der Waals surface area contributed by atoms with Crippen LogP contribution in [0.15, 0.2) is 30.3 Å². The van der Waals surface area contributed by atoms with E-state index in [4.69, 9.17) is 0 Å².